The molecule has 0 aliphatic heterocycles. The maximum Gasteiger partial charge on any atom is 0.251 e. The third-order valence-electron chi connectivity index (χ3n) is 4.69. The van der Waals surface area contributed by atoms with Crippen molar-refractivity contribution in [2.75, 3.05) is 6.54 Å². The number of amides is 1. The monoisotopic (exact) mass is 387 g/mol. The highest BCUT2D eigenvalue weighted by Crippen LogP contribution is 2.16. The number of nitrogens with zero attached hydrogens (tertiary/aromatic N) is 4. The number of fused-ring (bicyclic) bond motifs is 1. The van der Waals surface area contributed by atoms with Crippen molar-refractivity contribution in [2.24, 2.45) is 0 Å². The molecule has 2 aromatic heterocycles. The Morgan fingerprint density at radius 3 is 2.52 bits per heavy atom. The second-order valence-corrected chi connectivity index (χ2v) is 6.84. The molecule has 29 heavy (non-hydrogen) atoms. The van der Waals surface area contributed by atoms with Gasteiger partial charge >= 0.3 is 0 Å². The zero-order chi connectivity index (χ0) is 20.2. The number of nitrogens with one attached hydrogen (secondary N) is 1. The van der Waals surface area contributed by atoms with Crippen molar-refractivity contribution in [1.82, 2.24) is 25.4 Å². The van der Waals surface area contributed by atoms with Gasteiger partial charge < -0.3 is 9.84 Å². The molecule has 1 N–H and O–H groups in total. The number of carbonyl (C=O) groups excluding carboxylic acids is 1. The number of hydrogen-bond donors (Lipinski definition) is 1. The molecule has 0 spiro atoms. The second-order valence-electron chi connectivity index (χ2n) is 6.84. The molecule has 0 unspecified atom stereocenters. The van der Waals surface area contributed by atoms with Crippen molar-refractivity contribution in [1.29, 1.82) is 0 Å². The smallest absolute Gasteiger partial charge is 0.251 e. The Balaban J connectivity index is 1.32. The Kier molecular flexibility index (Phi) is 5.29. The first kappa shape index (κ1) is 18.7. The van der Waals surface area contributed by atoms with E-state index in [-0.39, 0.29) is 5.91 Å². The summed E-state index contributed by atoms with van der Waals surface area (Å²) >= 11 is 0. The number of aromatic nitrogens is 4. The van der Waals surface area contributed by atoms with Gasteiger partial charge in [-0.25, -0.2) is 9.97 Å². The van der Waals surface area contributed by atoms with E-state index >= 15 is 0 Å². The van der Waals surface area contributed by atoms with Gasteiger partial charge in [-0.2, -0.15) is 4.98 Å². The second kappa shape index (κ2) is 8.18. The molecule has 0 bridgehead atoms. The zero-order valence-electron chi connectivity index (χ0n) is 16.3. The van der Waals surface area contributed by atoms with E-state index in [1.54, 1.807) is 12.1 Å². The summed E-state index contributed by atoms with van der Waals surface area (Å²) in [7, 11) is 0. The molecule has 2 aromatic carbocycles. The fourth-order valence-corrected chi connectivity index (χ4v) is 2.98. The molecule has 0 atom stereocenters. The van der Waals surface area contributed by atoms with Crippen LogP contribution in [0.5, 0.6) is 0 Å². The Labute approximate surface area is 168 Å². The highest BCUT2D eigenvalue weighted by Gasteiger charge is 2.10. The van der Waals surface area contributed by atoms with Crippen LogP contribution in [0.2, 0.25) is 0 Å². The van der Waals surface area contributed by atoms with Gasteiger partial charge in [0.05, 0.1) is 22.4 Å². The quantitative estimate of drug-likeness (QED) is 0.508. The van der Waals surface area contributed by atoms with E-state index in [0.29, 0.717) is 36.7 Å². The van der Waals surface area contributed by atoms with E-state index in [0.717, 1.165) is 28.0 Å². The third-order valence-corrected chi connectivity index (χ3v) is 4.69. The number of hydrogen-bond acceptors (Lipinski definition) is 6. The van der Waals surface area contributed by atoms with E-state index in [1.807, 2.05) is 50.2 Å². The summed E-state index contributed by atoms with van der Waals surface area (Å²) in [6.45, 7) is 4.35. The summed E-state index contributed by atoms with van der Waals surface area (Å²) in [6, 6.07) is 15.0. The molecule has 2 heterocycles. The maximum atomic E-state index is 12.4. The average Bonchev–Trinajstić information content (AvgIpc) is 3.21. The lowest BCUT2D eigenvalue weighted by Crippen LogP contribution is -2.24. The third kappa shape index (κ3) is 4.29. The molecule has 7 nitrogen and oxygen atoms in total. The SMILES string of the molecule is Cc1nc2ccc(C(=O)NCCCc3nc(-c4ccccc4)no3)cc2nc1C. The van der Waals surface area contributed by atoms with E-state index in [9.17, 15) is 4.79 Å². The van der Waals surface area contributed by atoms with Crippen molar-refractivity contribution in [3.05, 3.63) is 71.4 Å². The number of aryl methyl sites for hydroxylation is 3. The van der Waals surface area contributed by atoms with Crippen LogP contribution in [-0.2, 0) is 6.42 Å². The first-order chi connectivity index (χ1) is 14.1. The highest BCUT2D eigenvalue weighted by atomic mass is 16.5. The van der Waals surface area contributed by atoms with Gasteiger partial charge in [0.15, 0.2) is 0 Å². The van der Waals surface area contributed by atoms with Crippen LogP contribution in [0.1, 0.15) is 34.1 Å². The van der Waals surface area contributed by atoms with Crippen LogP contribution in [0, 0.1) is 13.8 Å². The van der Waals surface area contributed by atoms with E-state index in [2.05, 4.69) is 25.4 Å². The largest absolute Gasteiger partial charge is 0.352 e. The minimum atomic E-state index is -0.137. The first-order valence-electron chi connectivity index (χ1n) is 9.51. The molecule has 0 saturated heterocycles. The number of benzene rings is 2. The van der Waals surface area contributed by atoms with Crippen molar-refractivity contribution in [3.8, 4) is 11.4 Å². The lowest BCUT2D eigenvalue weighted by molar-refractivity contribution is 0.0953. The number of carbonyl (C=O) groups is 1. The molecular weight excluding hydrogens is 366 g/mol. The van der Waals surface area contributed by atoms with Crippen LogP contribution in [0.3, 0.4) is 0 Å². The lowest BCUT2D eigenvalue weighted by atomic mass is 10.1. The number of rotatable bonds is 6. The Bertz CT molecular complexity index is 1150. The molecule has 0 aliphatic rings. The van der Waals surface area contributed by atoms with Gasteiger partial charge in [0.1, 0.15) is 0 Å². The van der Waals surface area contributed by atoms with Gasteiger partial charge in [0.25, 0.3) is 5.91 Å². The Morgan fingerprint density at radius 2 is 1.72 bits per heavy atom. The van der Waals surface area contributed by atoms with E-state index < -0.39 is 0 Å². The summed E-state index contributed by atoms with van der Waals surface area (Å²) in [4.78, 5) is 25.8. The van der Waals surface area contributed by atoms with Crippen LogP contribution in [0.15, 0.2) is 53.1 Å². The standard InChI is InChI=1S/C22H21N5O2/c1-14-15(2)25-19-13-17(10-11-18(19)24-14)22(28)23-12-6-9-20-26-21(27-29-20)16-7-4-3-5-8-16/h3-5,7-8,10-11,13H,6,9,12H2,1-2H3,(H,23,28). The van der Waals surface area contributed by atoms with Crippen LogP contribution < -0.4 is 5.32 Å². The molecule has 4 aromatic rings. The minimum absolute atomic E-state index is 0.137. The topological polar surface area (TPSA) is 93.8 Å². The van der Waals surface area contributed by atoms with Crippen LogP contribution in [0.25, 0.3) is 22.4 Å². The maximum absolute atomic E-state index is 12.4. The molecule has 0 fully saturated rings. The molecule has 1 amide bonds. The normalized spacial score (nSPS) is 11.0. The van der Waals surface area contributed by atoms with E-state index in [4.69, 9.17) is 4.52 Å². The lowest BCUT2D eigenvalue weighted by Gasteiger charge is -2.06. The van der Waals surface area contributed by atoms with Crippen molar-refractivity contribution < 1.29 is 9.32 Å². The van der Waals surface area contributed by atoms with Gasteiger partial charge in [-0.1, -0.05) is 35.5 Å². The van der Waals surface area contributed by atoms with Crippen molar-refractivity contribution >= 4 is 16.9 Å². The summed E-state index contributed by atoms with van der Waals surface area (Å²) in [6.07, 6.45) is 1.30. The molecule has 146 valence electrons. The molecule has 0 radical (unpaired) electrons. The summed E-state index contributed by atoms with van der Waals surface area (Å²) in [5.41, 5.74) is 4.76. The predicted octanol–water partition coefficient (Wildman–Crippen LogP) is 3.66. The van der Waals surface area contributed by atoms with Gasteiger partial charge in [0.2, 0.25) is 11.7 Å². The average molecular weight is 387 g/mol. The van der Waals surface area contributed by atoms with E-state index in [1.165, 1.54) is 0 Å². The highest BCUT2D eigenvalue weighted by molar-refractivity contribution is 5.97. The fourth-order valence-electron chi connectivity index (χ4n) is 2.98. The first-order valence-corrected chi connectivity index (χ1v) is 9.51. The van der Waals surface area contributed by atoms with Gasteiger partial charge in [-0.15, -0.1) is 0 Å². The Morgan fingerprint density at radius 1 is 0.966 bits per heavy atom. The van der Waals surface area contributed by atoms with Gasteiger partial charge in [0, 0.05) is 24.1 Å². The van der Waals surface area contributed by atoms with Crippen molar-refractivity contribution in [3.63, 3.8) is 0 Å². The summed E-state index contributed by atoms with van der Waals surface area (Å²) < 4.78 is 5.29. The fraction of sp³-hybridized carbons (Fsp3) is 0.227. The minimum Gasteiger partial charge on any atom is -0.352 e. The van der Waals surface area contributed by atoms with Gasteiger partial charge in [-0.3, -0.25) is 4.79 Å². The van der Waals surface area contributed by atoms with Crippen molar-refractivity contribution in [2.45, 2.75) is 26.7 Å². The molecule has 0 saturated carbocycles. The molecule has 4 rings (SSSR count). The van der Waals surface area contributed by atoms with Crippen LogP contribution >= 0.6 is 0 Å². The molecule has 7 heteroatoms. The van der Waals surface area contributed by atoms with Crippen LogP contribution in [-0.4, -0.2) is 32.6 Å². The van der Waals surface area contributed by atoms with Gasteiger partial charge in [-0.05, 0) is 38.5 Å². The summed E-state index contributed by atoms with van der Waals surface area (Å²) in [5, 5.41) is 6.93. The molecular formula is C22H21N5O2. The summed E-state index contributed by atoms with van der Waals surface area (Å²) in [5.74, 6) is 1.000. The predicted molar refractivity (Wildman–Crippen MR) is 109 cm³/mol. The van der Waals surface area contributed by atoms with Crippen LogP contribution in [0.4, 0.5) is 0 Å². The molecule has 0 aliphatic carbocycles. The Hall–Kier alpha value is -3.61. The zero-order valence-corrected chi connectivity index (χ0v) is 16.3.